The minimum atomic E-state index is -1.09. The van der Waals surface area contributed by atoms with Crippen LogP contribution in [0.3, 0.4) is 0 Å². The maximum atomic E-state index is 15.4. The van der Waals surface area contributed by atoms with Crippen molar-refractivity contribution in [2.45, 2.75) is 38.3 Å². The number of ether oxygens (including phenoxy) is 3. The van der Waals surface area contributed by atoms with Gasteiger partial charge in [-0.15, -0.1) is 0 Å². The van der Waals surface area contributed by atoms with Gasteiger partial charge in [0.15, 0.2) is 11.6 Å². The van der Waals surface area contributed by atoms with E-state index in [1.807, 2.05) is 44.2 Å². The molecule has 0 spiro atoms. The number of nitrogens with one attached hydrogen (secondary N) is 2. The van der Waals surface area contributed by atoms with Gasteiger partial charge < -0.3 is 24.5 Å². The SMILES string of the molecule is COCCOC1(C)C=C(F)C(CN2NC(C)(c3nc(C)cc(Nc4ccncc4OC)n3)c3ccccc32)=C(F)C1. The second kappa shape index (κ2) is 11.5. The Hall–Kier alpha value is -3.93. The molecule has 1 aromatic carbocycles. The van der Waals surface area contributed by atoms with E-state index in [4.69, 9.17) is 24.2 Å². The van der Waals surface area contributed by atoms with Crippen LogP contribution in [0.2, 0.25) is 0 Å². The molecule has 3 aromatic rings. The van der Waals surface area contributed by atoms with Crippen molar-refractivity contribution in [1.82, 2.24) is 20.4 Å². The lowest BCUT2D eigenvalue weighted by atomic mass is 9.91. The number of hydrogen-bond donors (Lipinski definition) is 2. The molecule has 2 N–H and O–H groups in total. The van der Waals surface area contributed by atoms with Crippen molar-refractivity contribution >= 4 is 17.2 Å². The van der Waals surface area contributed by atoms with E-state index in [0.717, 1.165) is 16.9 Å². The summed E-state index contributed by atoms with van der Waals surface area (Å²) in [5, 5.41) is 5.04. The van der Waals surface area contributed by atoms with Gasteiger partial charge in [0.05, 0.1) is 50.0 Å². The molecule has 9 nitrogen and oxygen atoms in total. The Morgan fingerprint density at radius 1 is 1.10 bits per heavy atom. The molecule has 2 aromatic heterocycles. The molecule has 41 heavy (non-hydrogen) atoms. The number of nitrogens with zero attached hydrogens (tertiary/aromatic N) is 4. The lowest BCUT2D eigenvalue weighted by Gasteiger charge is -2.32. The summed E-state index contributed by atoms with van der Waals surface area (Å²) in [6.07, 6.45) is 4.55. The van der Waals surface area contributed by atoms with Crippen LogP contribution in [0.1, 0.15) is 37.4 Å². The van der Waals surface area contributed by atoms with Crippen molar-refractivity contribution in [2.75, 3.05) is 44.3 Å². The van der Waals surface area contributed by atoms with Crippen molar-refractivity contribution in [3.63, 3.8) is 0 Å². The van der Waals surface area contributed by atoms with Crippen LogP contribution in [0.5, 0.6) is 5.75 Å². The third kappa shape index (κ3) is 5.79. The summed E-state index contributed by atoms with van der Waals surface area (Å²) in [6.45, 7) is 6.04. The standard InChI is InChI=1S/C30H34F2N6O3/c1-19-14-27(35-24-10-11-33-17-26(24)40-5)36-28(34-19)30(3)21-8-6-7-9-25(21)38(37-30)18-20-22(31)15-29(2,16-23(20)32)41-13-12-39-4/h6-11,14-15,17,37H,12-13,16,18H2,1-5H3,(H,33,34,35,36). The van der Waals surface area contributed by atoms with Crippen LogP contribution >= 0.6 is 0 Å². The third-order valence-electron chi connectivity index (χ3n) is 7.25. The fourth-order valence-corrected chi connectivity index (χ4v) is 5.18. The van der Waals surface area contributed by atoms with Crippen molar-refractivity contribution in [3.8, 4) is 5.75 Å². The first-order valence-electron chi connectivity index (χ1n) is 13.3. The molecule has 3 heterocycles. The van der Waals surface area contributed by atoms with Gasteiger partial charge in [-0.3, -0.25) is 4.98 Å². The van der Waals surface area contributed by atoms with Gasteiger partial charge in [-0.05, 0) is 39.0 Å². The summed E-state index contributed by atoms with van der Waals surface area (Å²) in [6, 6.07) is 11.3. The predicted octanol–water partition coefficient (Wildman–Crippen LogP) is 5.42. The number of hydrogen-bond acceptors (Lipinski definition) is 9. The molecule has 1 aliphatic heterocycles. The lowest BCUT2D eigenvalue weighted by Crippen LogP contribution is -2.47. The number of fused-ring (bicyclic) bond motifs is 1. The highest BCUT2D eigenvalue weighted by molar-refractivity contribution is 5.66. The Balaban J connectivity index is 1.44. The fourth-order valence-electron chi connectivity index (χ4n) is 5.18. The summed E-state index contributed by atoms with van der Waals surface area (Å²) >= 11 is 0. The van der Waals surface area contributed by atoms with Crippen LogP contribution in [-0.2, 0) is 15.0 Å². The van der Waals surface area contributed by atoms with Crippen LogP contribution in [0, 0.1) is 6.92 Å². The number of para-hydroxylation sites is 1. The number of halogens is 2. The van der Waals surface area contributed by atoms with Gasteiger partial charge in [0.25, 0.3) is 0 Å². The second-order valence-electron chi connectivity index (χ2n) is 10.5. The maximum absolute atomic E-state index is 15.4. The Morgan fingerprint density at radius 2 is 1.90 bits per heavy atom. The number of benzene rings is 1. The number of aryl methyl sites for hydroxylation is 1. The van der Waals surface area contributed by atoms with Crippen molar-refractivity contribution in [2.24, 2.45) is 0 Å². The average molecular weight is 565 g/mol. The summed E-state index contributed by atoms with van der Waals surface area (Å²) in [4.78, 5) is 13.7. The molecule has 0 saturated carbocycles. The minimum Gasteiger partial charge on any atom is -0.493 e. The zero-order valence-corrected chi connectivity index (χ0v) is 23.8. The van der Waals surface area contributed by atoms with Crippen LogP contribution in [-0.4, -0.2) is 54.5 Å². The normalized spacial score (nSPS) is 22.0. The van der Waals surface area contributed by atoms with Crippen LogP contribution in [0.15, 0.2) is 72.1 Å². The summed E-state index contributed by atoms with van der Waals surface area (Å²) in [5.74, 6) is 0.438. The maximum Gasteiger partial charge on any atom is 0.160 e. The highest BCUT2D eigenvalue weighted by Crippen LogP contribution is 2.43. The number of rotatable bonds is 10. The van der Waals surface area contributed by atoms with Gasteiger partial charge in [0.2, 0.25) is 0 Å². The van der Waals surface area contributed by atoms with Gasteiger partial charge in [-0.2, -0.15) is 0 Å². The molecule has 0 bridgehead atoms. The molecule has 1 aliphatic carbocycles. The van der Waals surface area contributed by atoms with E-state index in [2.05, 4.69) is 15.7 Å². The van der Waals surface area contributed by atoms with E-state index in [-0.39, 0.29) is 25.1 Å². The number of anilines is 3. The van der Waals surface area contributed by atoms with E-state index >= 15 is 8.78 Å². The molecule has 5 rings (SSSR count). The van der Waals surface area contributed by atoms with Gasteiger partial charge in [-0.1, -0.05) is 18.2 Å². The first-order valence-corrected chi connectivity index (χ1v) is 13.3. The summed E-state index contributed by atoms with van der Waals surface area (Å²) in [7, 11) is 3.12. The van der Waals surface area contributed by atoms with Gasteiger partial charge >= 0.3 is 0 Å². The number of aromatic nitrogens is 3. The van der Waals surface area contributed by atoms with Crippen LogP contribution < -0.4 is 20.5 Å². The van der Waals surface area contributed by atoms with Crippen molar-refractivity contribution in [3.05, 3.63) is 89.2 Å². The quantitative estimate of drug-likeness (QED) is 0.313. The number of pyridine rings is 1. The van der Waals surface area contributed by atoms with Crippen LogP contribution in [0.4, 0.5) is 26.0 Å². The monoisotopic (exact) mass is 564 g/mol. The molecule has 216 valence electrons. The molecular formula is C30H34F2N6O3. The first kappa shape index (κ1) is 28.6. The Kier molecular flexibility index (Phi) is 8.03. The summed E-state index contributed by atoms with van der Waals surface area (Å²) in [5.41, 5.74) is 4.56. The van der Waals surface area contributed by atoms with Crippen molar-refractivity contribution in [1.29, 1.82) is 0 Å². The molecule has 0 amide bonds. The van der Waals surface area contributed by atoms with E-state index in [1.165, 1.54) is 6.08 Å². The van der Waals surface area contributed by atoms with Gasteiger partial charge in [-0.25, -0.2) is 24.2 Å². The topological polar surface area (TPSA) is 93.7 Å². The smallest absolute Gasteiger partial charge is 0.160 e. The number of methoxy groups -OCH3 is 2. The fraction of sp³-hybridized carbons (Fsp3) is 0.367. The van der Waals surface area contributed by atoms with E-state index in [0.29, 0.717) is 29.7 Å². The number of hydrazine groups is 1. The van der Waals surface area contributed by atoms with Crippen LogP contribution in [0.25, 0.3) is 0 Å². The summed E-state index contributed by atoms with van der Waals surface area (Å²) < 4.78 is 46.9. The minimum absolute atomic E-state index is 0.0262. The van der Waals surface area contributed by atoms with E-state index in [1.54, 1.807) is 44.6 Å². The van der Waals surface area contributed by atoms with E-state index < -0.39 is 22.8 Å². The molecule has 0 fully saturated rings. The Bertz CT molecular complexity index is 1500. The molecule has 2 aliphatic rings. The highest BCUT2D eigenvalue weighted by Gasteiger charge is 2.44. The zero-order valence-electron chi connectivity index (χ0n) is 23.8. The first-order chi connectivity index (χ1) is 19.7. The third-order valence-corrected chi connectivity index (χ3v) is 7.25. The molecular weight excluding hydrogens is 530 g/mol. The predicted molar refractivity (Wildman–Crippen MR) is 152 cm³/mol. The molecule has 0 saturated heterocycles. The second-order valence-corrected chi connectivity index (χ2v) is 10.5. The lowest BCUT2D eigenvalue weighted by molar-refractivity contribution is -0.0249. The highest BCUT2D eigenvalue weighted by atomic mass is 19.1. The average Bonchev–Trinajstić information content (AvgIpc) is 3.23. The Labute approximate surface area is 238 Å². The largest absolute Gasteiger partial charge is 0.493 e. The zero-order chi connectivity index (χ0) is 29.2. The molecule has 2 unspecified atom stereocenters. The molecule has 2 atom stereocenters. The van der Waals surface area contributed by atoms with Crippen molar-refractivity contribution < 1.29 is 23.0 Å². The van der Waals surface area contributed by atoms with Gasteiger partial charge in [0.1, 0.15) is 23.0 Å². The Morgan fingerprint density at radius 3 is 2.66 bits per heavy atom. The van der Waals surface area contributed by atoms with Gasteiger partial charge in [0, 0.05) is 42.6 Å². The molecule has 0 radical (unpaired) electrons. The van der Waals surface area contributed by atoms with E-state index in [9.17, 15) is 0 Å². The molecule has 11 heteroatoms.